The maximum Gasteiger partial charge on any atom is 0.124 e. The highest BCUT2D eigenvalue weighted by molar-refractivity contribution is 6.31. The van der Waals surface area contributed by atoms with Crippen molar-refractivity contribution in [3.8, 4) is 5.75 Å². The van der Waals surface area contributed by atoms with Crippen molar-refractivity contribution in [1.29, 1.82) is 0 Å². The Labute approximate surface area is 196 Å². The van der Waals surface area contributed by atoms with Gasteiger partial charge in [0.25, 0.3) is 0 Å². The van der Waals surface area contributed by atoms with Crippen molar-refractivity contribution in [3.05, 3.63) is 64.2 Å². The van der Waals surface area contributed by atoms with E-state index in [9.17, 15) is 25.5 Å². The van der Waals surface area contributed by atoms with Gasteiger partial charge >= 0.3 is 0 Å². The van der Waals surface area contributed by atoms with E-state index in [-0.39, 0.29) is 12.0 Å². The first-order valence-electron chi connectivity index (χ1n) is 12.0. The van der Waals surface area contributed by atoms with Gasteiger partial charge in [-0.05, 0) is 41.3 Å². The molecule has 0 amide bonds. The molecule has 1 aliphatic rings. The molecule has 0 unspecified atom stereocenters. The molecule has 2 aromatic carbocycles. The number of rotatable bonds is 10. The predicted molar refractivity (Wildman–Crippen MR) is 117 cm³/mol. The van der Waals surface area contributed by atoms with Crippen LogP contribution in [0.5, 0.6) is 5.75 Å². The summed E-state index contributed by atoms with van der Waals surface area (Å²) in [6.07, 6.45) is -10.1. The lowest BCUT2D eigenvalue weighted by Crippen LogP contribution is -2.47. The fourth-order valence-electron chi connectivity index (χ4n) is 3.24. The average molecular weight is 473 g/mol. The van der Waals surface area contributed by atoms with E-state index in [1.807, 2.05) is 0 Å². The molecular formula is C23H29ClO8. The third-order valence-electron chi connectivity index (χ3n) is 5.14. The fraction of sp³-hybridized carbons (Fsp3) is 0.478. The van der Waals surface area contributed by atoms with Gasteiger partial charge in [0.15, 0.2) is 0 Å². The summed E-state index contributed by atoms with van der Waals surface area (Å²) in [7, 11) is 0. The van der Waals surface area contributed by atoms with E-state index in [0.717, 1.165) is 5.56 Å². The molecule has 9 heteroatoms. The van der Waals surface area contributed by atoms with Gasteiger partial charge < -0.3 is 40.1 Å². The van der Waals surface area contributed by atoms with E-state index in [1.165, 1.54) is 18.2 Å². The van der Waals surface area contributed by atoms with E-state index >= 15 is 0 Å². The SMILES string of the molecule is [2H]C1([2H])C[C@H](Oc2ccc(Cc3cc([C@@H](O)[C@H](O)[C@@H](O)[C@H](O)[C@H](O)CO)ccc3Cl)cc2)C([2H])([2H])O1. The van der Waals surface area contributed by atoms with E-state index in [4.69, 9.17) is 31.7 Å². The second kappa shape index (κ2) is 11.4. The van der Waals surface area contributed by atoms with Crippen LogP contribution in [0, 0.1) is 0 Å². The number of aliphatic hydroxyl groups is 6. The van der Waals surface area contributed by atoms with Crippen molar-refractivity contribution >= 4 is 11.6 Å². The molecule has 32 heavy (non-hydrogen) atoms. The maximum atomic E-state index is 10.5. The Morgan fingerprint density at radius 3 is 2.38 bits per heavy atom. The molecule has 1 aliphatic heterocycles. The summed E-state index contributed by atoms with van der Waals surface area (Å²) in [6, 6.07) is 11.1. The van der Waals surface area contributed by atoms with Gasteiger partial charge in [0.05, 0.1) is 25.2 Å². The number of halogens is 1. The zero-order valence-corrected chi connectivity index (χ0v) is 17.8. The quantitative estimate of drug-likeness (QED) is 0.295. The minimum atomic E-state index is -2.28. The average Bonchev–Trinajstić information content (AvgIpc) is 3.04. The highest BCUT2D eigenvalue weighted by atomic mass is 35.5. The summed E-state index contributed by atoms with van der Waals surface area (Å²) in [5.74, 6) is 0.324. The summed E-state index contributed by atoms with van der Waals surface area (Å²) >= 11 is 6.30. The highest BCUT2D eigenvalue weighted by Crippen LogP contribution is 2.28. The van der Waals surface area contributed by atoms with Crippen LogP contribution in [0.1, 0.15) is 34.7 Å². The normalized spacial score (nSPS) is 26.0. The molecule has 1 saturated heterocycles. The number of aliphatic hydroxyl groups excluding tert-OH is 6. The monoisotopic (exact) mass is 472 g/mol. The first kappa shape index (κ1) is 19.7. The van der Waals surface area contributed by atoms with Gasteiger partial charge in [-0.15, -0.1) is 0 Å². The van der Waals surface area contributed by atoms with E-state index < -0.39 is 56.3 Å². The molecule has 6 N–H and O–H groups in total. The standard InChI is InChI=1S/C23H29ClO8/c24-18-6-3-14(20(27)22(29)23(30)21(28)19(26)11-25)10-15(18)9-13-1-4-16(5-2-13)32-17-7-8-31-12-17/h1-6,10,17,19-23,25-30H,7-9,11-12H2/t17-,19+,20+,21+,22-,23-/m0/s1/i8D2,12D2. The van der Waals surface area contributed by atoms with Crippen LogP contribution in [0.15, 0.2) is 42.5 Å². The predicted octanol–water partition coefficient (Wildman–Crippen LogP) is 0.568. The summed E-state index contributed by atoms with van der Waals surface area (Å²) in [4.78, 5) is 0. The molecule has 6 atom stereocenters. The maximum absolute atomic E-state index is 10.5. The zero-order chi connectivity index (χ0) is 26.8. The van der Waals surface area contributed by atoms with Crippen molar-refractivity contribution in [3.63, 3.8) is 0 Å². The molecule has 0 aliphatic carbocycles. The van der Waals surface area contributed by atoms with Crippen LogP contribution in [0.4, 0.5) is 0 Å². The number of hydrogen-bond donors (Lipinski definition) is 6. The van der Waals surface area contributed by atoms with Crippen LogP contribution in [0.25, 0.3) is 0 Å². The molecular weight excluding hydrogens is 440 g/mol. The Bertz CT molecular complexity index is 1030. The van der Waals surface area contributed by atoms with Gasteiger partial charge in [0.2, 0.25) is 0 Å². The van der Waals surface area contributed by atoms with Crippen LogP contribution in [-0.2, 0) is 11.2 Å². The Hall–Kier alpha value is -1.75. The van der Waals surface area contributed by atoms with Crippen LogP contribution < -0.4 is 4.74 Å². The van der Waals surface area contributed by atoms with Crippen LogP contribution in [-0.4, -0.2) is 80.9 Å². The van der Waals surface area contributed by atoms with Gasteiger partial charge in [-0.1, -0.05) is 35.9 Å². The van der Waals surface area contributed by atoms with Gasteiger partial charge in [-0.25, -0.2) is 0 Å². The van der Waals surface area contributed by atoms with E-state index in [1.54, 1.807) is 24.3 Å². The highest BCUT2D eigenvalue weighted by Gasteiger charge is 2.34. The lowest BCUT2D eigenvalue weighted by molar-refractivity contribution is -0.141. The van der Waals surface area contributed by atoms with Crippen LogP contribution in [0.2, 0.25) is 5.02 Å². The molecule has 3 rings (SSSR count). The molecule has 8 nitrogen and oxygen atoms in total. The number of hydrogen-bond acceptors (Lipinski definition) is 8. The molecule has 2 aromatic rings. The number of benzene rings is 2. The van der Waals surface area contributed by atoms with Crippen molar-refractivity contribution in [1.82, 2.24) is 0 Å². The molecule has 0 aromatic heterocycles. The summed E-state index contributed by atoms with van der Waals surface area (Å²) < 4.78 is 41.1. The Morgan fingerprint density at radius 1 is 1.03 bits per heavy atom. The zero-order valence-electron chi connectivity index (χ0n) is 21.0. The molecule has 1 fully saturated rings. The fourth-order valence-corrected chi connectivity index (χ4v) is 3.42. The molecule has 0 radical (unpaired) electrons. The largest absolute Gasteiger partial charge is 0.488 e. The summed E-state index contributed by atoms with van der Waals surface area (Å²) in [5, 5.41) is 59.4. The lowest BCUT2D eigenvalue weighted by Gasteiger charge is -2.28. The third-order valence-corrected chi connectivity index (χ3v) is 5.51. The molecule has 0 bridgehead atoms. The van der Waals surface area contributed by atoms with E-state index in [2.05, 4.69) is 0 Å². The van der Waals surface area contributed by atoms with Gasteiger partial charge in [0.1, 0.15) is 42.4 Å². The first-order chi connectivity index (χ1) is 16.7. The molecule has 176 valence electrons. The number of ether oxygens (including phenoxy) is 2. The smallest absolute Gasteiger partial charge is 0.124 e. The first-order valence-corrected chi connectivity index (χ1v) is 10.4. The van der Waals surface area contributed by atoms with Gasteiger partial charge in [-0.2, -0.15) is 0 Å². The molecule has 0 saturated carbocycles. The Morgan fingerprint density at radius 2 is 1.75 bits per heavy atom. The Kier molecular flexibility index (Phi) is 7.02. The topological polar surface area (TPSA) is 140 Å². The van der Waals surface area contributed by atoms with Gasteiger partial charge in [-0.3, -0.25) is 0 Å². The van der Waals surface area contributed by atoms with Crippen molar-refractivity contribution < 1.29 is 45.6 Å². The van der Waals surface area contributed by atoms with Crippen molar-refractivity contribution in [2.75, 3.05) is 19.7 Å². The second-order valence-corrected chi connectivity index (χ2v) is 7.92. The van der Waals surface area contributed by atoms with Crippen LogP contribution in [0.3, 0.4) is 0 Å². The third kappa shape index (κ3) is 6.18. The van der Waals surface area contributed by atoms with Crippen molar-refractivity contribution in [2.45, 2.75) is 49.5 Å². The lowest BCUT2D eigenvalue weighted by atomic mass is 9.93. The van der Waals surface area contributed by atoms with Crippen LogP contribution >= 0.6 is 11.6 Å². The summed E-state index contributed by atoms with van der Waals surface area (Å²) in [5.41, 5.74) is 1.55. The van der Waals surface area contributed by atoms with E-state index in [0.29, 0.717) is 22.8 Å². The molecule has 0 spiro atoms. The Balaban J connectivity index is 1.69. The second-order valence-electron chi connectivity index (χ2n) is 7.51. The molecule has 1 heterocycles. The minimum Gasteiger partial charge on any atom is -0.488 e. The minimum absolute atomic E-state index is 0.198. The van der Waals surface area contributed by atoms with Crippen molar-refractivity contribution in [2.24, 2.45) is 0 Å². The van der Waals surface area contributed by atoms with Gasteiger partial charge in [0, 0.05) is 11.4 Å². The summed E-state index contributed by atoms with van der Waals surface area (Å²) in [6.45, 7) is -5.24.